The summed E-state index contributed by atoms with van der Waals surface area (Å²) in [5.74, 6) is 0.805. The van der Waals surface area contributed by atoms with Gasteiger partial charge in [0.2, 0.25) is 0 Å². The van der Waals surface area contributed by atoms with Crippen molar-refractivity contribution in [2.24, 2.45) is 0 Å². The number of methoxy groups -OCH3 is 1. The summed E-state index contributed by atoms with van der Waals surface area (Å²) >= 11 is 0. The van der Waals surface area contributed by atoms with Gasteiger partial charge in [0, 0.05) is 5.69 Å². The smallest absolute Gasteiger partial charge is 0.340 e. The molecular formula is C15H15NO3. The Morgan fingerprint density at radius 1 is 1.16 bits per heavy atom. The monoisotopic (exact) mass is 257 g/mol. The average Bonchev–Trinajstić information content (AvgIpc) is 2.42. The molecule has 0 aliphatic rings. The number of carbonyl (C=O) groups excluding carboxylic acids is 1. The predicted molar refractivity (Wildman–Crippen MR) is 73.4 cm³/mol. The van der Waals surface area contributed by atoms with E-state index in [0.717, 1.165) is 11.3 Å². The van der Waals surface area contributed by atoms with Crippen LogP contribution in [0.1, 0.15) is 15.9 Å². The van der Waals surface area contributed by atoms with Gasteiger partial charge in [-0.3, -0.25) is 0 Å². The highest BCUT2D eigenvalue weighted by Crippen LogP contribution is 2.27. The third kappa shape index (κ3) is 2.85. The molecule has 98 valence electrons. The second kappa shape index (κ2) is 5.44. The van der Waals surface area contributed by atoms with Crippen molar-refractivity contribution in [1.82, 2.24) is 0 Å². The molecule has 0 spiro atoms. The van der Waals surface area contributed by atoms with Gasteiger partial charge in [-0.1, -0.05) is 18.2 Å². The zero-order valence-corrected chi connectivity index (χ0v) is 10.8. The van der Waals surface area contributed by atoms with Gasteiger partial charge in [0.1, 0.15) is 11.5 Å². The minimum absolute atomic E-state index is 0.300. The van der Waals surface area contributed by atoms with Crippen molar-refractivity contribution in [1.29, 1.82) is 0 Å². The Hall–Kier alpha value is -2.49. The van der Waals surface area contributed by atoms with Gasteiger partial charge in [0.15, 0.2) is 0 Å². The Kier molecular flexibility index (Phi) is 3.71. The van der Waals surface area contributed by atoms with Gasteiger partial charge < -0.3 is 15.2 Å². The molecule has 0 aromatic heterocycles. The molecule has 4 nitrogen and oxygen atoms in total. The Morgan fingerprint density at radius 2 is 1.89 bits per heavy atom. The van der Waals surface area contributed by atoms with Crippen LogP contribution in [-0.2, 0) is 4.74 Å². The van der Waals surface area contributed by atoms with Crippen LogP contribution in [0.5, 0.6) is 11.5 Å². The van der Waals surface area contributed by atoms with E-state index < -0.39 is 5.97 Å². The summed E-state index contributed by atoms with van der Waals surface area (Å²) in [6.07, 6.45) is 0. The highest BCUT2D eigenvalue weighted by atomic mass is 16.5. The molecule has 0 fully saturated rings. The van der Waals surface area contributed by atoms with E-state index >= 15 is 0 Å². The van der Waals surface area contributed by atoms with E-state index in [0.29, 0.717) is 17.0 Å². The summed E-state index contributed by atoms with van der Waals surface area (Å²) < 4.78 is 10.4. The molecule has 0 saturated heterocycles. The first kappa shape index (κ1) is 13.0. The highest BCUT2D eigenvalue weighted by Gasteiger charge is 2.11. The van der Waals surface area contributed by atoms with Crippen molar-refractivity contribution >= 4 is 11.7 Å². The normalized spacial score (nSPS) is 10.0. The zero-order chi connectivity index (χ0) is 13.8. The van der Waals surface area contributed by atoms with Gasteiger partial charge >= 0.3 is 5.97 Å². The molecule has 0 unspecified atom stereocenters. The summed E-state index contributed by atoms with van der Waals surface area (Å²) in [5.41, 5.74) is 7.41. The summed E-state index contributed by atoms with van der Waals surface area (Å²) in [6, 6.07) is 12.6. The lowest BCUT2D eigenvalue weighted by molar-refractivity contribution is 0.0601. The minimum Gasteiger partial charge on any atom is -0.465 e. The van der Waals surface area contributed by atoms with Gasteiger partial charge in [0.25, 0.3) is 0 Å². The summed E-state index contributed by atoms with van der Waals surface area (Å²) in [7, 11) is 1.32. The largest absolute Gasteiger partial charge is 0.465 e. The van der Waals surface area contributed by atoms with Crippen LogP contribution >= 0.6 is 0 Å². The number of benzene rings is 2. The maximum Gasteiger partial charge on any atom is 0.340 e. The molecule has 0 radical (unpaired) electrons. The quantitative estimate of drug-likeness (QED) is 0.677. The van der Waals surface area contributed by atoms with Crippen molar-refractivity contribution in [3.8, 4) is 11.5 Å². The van der Waals surface area contributed by atoms with E-state index in [9.17, 15) is 4.79 Å². The van der Waals surface area contributed by atoms with E-state index in [-0.39, 0.29) is 0 Å². The second-order valence-corrected chi connectivity index (χ2v) is 4.11. The molecule has 2 aromatic carbocycles. The van der Waals surface area contributed by atoms with Gasteiger partial charge in [-0.15, -0.1) is 0 Å². The number of esters is 1. The molecule has 2 rings (SSSR count). The molecule has 0 saturated carbocycles. The molecule has 0 amide bonds. The number of ether oxygens (including phenoxy) is 2. The summed E-state index contributed by atoms with van der Waals surface area (Å²) in [5, 5.41) is 0. The Morgan fingerprint density at radius 3 is 2.58 bits per heavy atom. The number of aryl methyl sites for hydroxylation is 1. The number of nitrogens with two attached hydrogens (primary N) is 1. The Bertz CT molecular complexity index is 608. The lowest BCUT2D eigenvalue weighted by atomic mass is 10.1. The van der Waals surface area contributed by atoms with E-state index in [1.165, 1.54) is 7.11 Å². The number of rotatable bonds is 3. The van der Waals surface area contributed by atoms with Crippen molar-refractivity contribution in [3.05, 3.63) is 53.6 Å². The summed E-state index contributed by atoms with van der Waals surface area (Å²) in [4.78, 5) is 11.5. The fraction of sp³-hybridized carbons (Fsp3) is 0.133. The number of hydrogen-bond donors (Lipinski definition) is 1. The number of nitrogen functional groups attached to an aromatic ring is 1. The van der Waals surface area contributed by atoms with Gasteiger partial charge in [-0.25, -0.2) is 4.79 Å². The lowest BCUT2D eigenvalue weighted by Crippen LogP contribution is -2.05. The van der Waals surface area contributed by atoms with Crippen LogP contribution in [0.15, 0.2) is 42.5 Å². The third-order valence-corrected chi connectivity index (χ3v) is 2.75. The van der Waals surface area contributed by atoms with E-state index in [1.54, 1.807) is 18.2 Å². The molecule has 2 aromatic rings. The topological polar surface area (TPSA) is 61.5 Å². The Balaban J connectivity index is 2.32. The standard InChI is InChI=1S/C15H15NO3/c1-10-5-3-4-6-14(10)19-11-7-8-13(16)12(9-11)15(17)18-2/h3-9H,16H2,1-2H3. The lowest BCUT2D eigenvalue weighted by Gasteiger charge is -2.10. The van der Waals surface area contributed by atoms with Crippen LogP contribution in [0.3, 0.4) is 0 Å². The molecular weight excluding hydrogens is 242 g/mol. The first-order valence-electron chi connectivity index (χ1n) is 5.83. The van der Waals surface area contributed by atoms with Crippen molar-refractivity contribution in [3.63, 3.8) is 0 Å². The number of anilines is 1. The van der Waals surface area contributed by atoms with Crippen LogP contribution in [0.2, 0.25) is 0 Å². The van der Waals surface area contributed by atoms with Crippen LogP contribution in [0.25, 0.3) is 0 Å². The molecule has 0 aliphatic carbocycles. The van der Waals surface area contributed by atoms with Crippen LogP contribution in [-0.4, -0.2) is 13.1 Å². The van der Waals surface area contributed by atoms with Crippen LogP contribution in [0, 0.1) is 6.92 Å². The molecule has 0 bridgehead atoms. The number of carbonyl (C=O) groups is 1. The average molecular weight is 257 g/mol. The van der Waals surface area contributed by atoms with E-state index in [2.05, 4.69) is 4.74 Å². The maximum atomic E-state index is 11.5. The van der Waals surface area contributed by atoms with Gasteiger partial charge in [0.05, 0.1) is 12.7 Å². The number of hydrogen-bond acceptors (Lipinski definition) is 4. The third-order valence-electron chi connectivity index (χ3n) is 2.75. The number of para-hydroxylation sites is 1. The van der Waals surface area contributed by atoms with E-state index in [4.69, 9.17) is 10.5 Å². The Labute approximate surface area is 111 Å². The zero-order valence-electron chi connectivity index (χ0n) is 10.8. The molecule has 0 aliphatic heterocycles. The summed E-state index contributed by atoms with van der Waals surface area (Å²) in [6.45, 7) is 1.95. The van der Waals surface area contributed by atoms with E-state index in [1.807, 2.05) is 31.2 Å². The van der Waals surface area contributed by atoms with Crippen molar-refractivity contribution in [2.45, 2.75) is 6.92 Å². The second-order valence-electron chi connectivity index (χ2n) is 4.11. The highest BCUT2D eigenvalue weighted by molar-refractivity contribution is 5.95. The first-order valence-corrected chi connectivity index (χ1v) is 5.83. The fourth-order valence-corrected chi connectivity index (χ4v) is 1.68. The minimum atomic E-state index is -0.479. The molecule has 4 heteroatoms. The van der Waals surface area contributed by atoms with Crippen LogP contribution in [0.4, 0.5) is 5.69 Å². The van der Waals surface area contributed by atoms with Crippen molar-refractivity contribution in [2.75, 3.05) is 12.8 Å². The predicted octanol–water partition coefficient (Wildman–Crippen LogP) is 3.16. The molecule has 0 heterocycles. The maximum absolute atomic E-state index is 11.5. The fourth-order valence-electron chi connectivity index (χ4n) is 1.68. The molecule has 2 N–H and O–H groups in total. The van der Waals surface area contributed by atoms with Gasteiger partial charge in [-0.05, 0) is 36.8 Å². The first-order chi connectivity index (χ1) is 9.11. The van der Waals surface area contributed by atoms with Gasteiger partial charge in [-0.2, -0.15) is 0 Å². The van der Waals surface area contributed by atoms with Crippen molar-refractivity contribution < 1.29 is 14.3 Å². The SMILES string of the molecule is COC(=O)c1cc(Oc2ccccc2C)ccc1N. The molecule has 0 atom stereocenters. The van der Waals surface area contributed by atoms with Crippen LogP contribution < -0.4 is 10.5 Å². The molecule has 19 heavy (non-hydrogen) atoms.